The van der Waals surface area contributed by atoms with E-state index in [1.54, 1.807) is 4.90 Å². The first-order valence-electron chi connectivity index (χ1n) is 12.1. The fourth-order valence-electron chi connectivity index (χ4n) is 4.90. The van der Waals surface area contributed by atoms with Crippen LogP contribution in [0.25, 0.3) is 11.1 Å². The van der Waals surface area contributed by atoms with E-state index in [-0.39, 0.29) is 43.8 Å². The summed E-state index contributed by atoms with van der Waals surface area (Å²) in [6.45, 7) is 4.96. The van der Waals surface area contributed by atoms with Gasteiger partial charge in [0.15, 0.2) is 0 Å². The number of carbonyl (C=O) groups is 3. The molecule has 2 atom stereocenters. The molecule has 35 heavy (non-hydrogen) atoms. The van der Waals surface area contributed by atoms with Crippen molar-refractivity contribution in [2.75, 3.05) is 26.4 Å². The first-order chi connectivity index (χ1) is 16.8. The van der Waals surface area contributed by atoms with Crippen LogP contribution in [0, 0.1) is 5.92 Å². The van der Waals surface area contributed by atoms with Crippen LogP contribution in [-0.4, -0.2) is 66.4 Å². The maximum Gasteiger partial charge on any atom is 0.407 e. The molecule has 1 fully saturated rings. The molecule has 1 heterocycles. The number of carboxylic acid groups (broad SMARTS) is 1. The quantitative estimate of drug-likeness (QED) is 0.598. The molecule has 2 N–H and O–H groups in total. The van der Waals surface area contributed by atoms with Crippen molar-refractivity contribution in [3.63, 3.8) is 0 Å². The summed E-state index contributed by atoms with van der Waals surface area (Å²) < 4.78 is 11.0. The number of carboxylic acids is 1. The Kier molecular flexibility index (Phi) is 7.70. The highest BCUT2D eigenvalue weighted by molar-refractivity contribution is 5.80. The highest BCUT2D eigenvalue weighted by Crippen LogP contribution is 2.44. The van der Waals surface area contributed by atoms with Gasteiger partial charge >= 0.3 is 12.1 Å². The molecule has 1 saturated heterocycles. The van der Waals surface area contributed by atoms with E-state index in [2.05, 4.69) is 29.6 Å². The van der Waals surface area contributed by atoms with Crippen LogP contribution in [-0.2, 0) is 19.1 Å². The average molecular weight is 481 g/mol. The second-order valence-corrected chi connectivity index (χ2v) is 9.44. The molecule has 2 aromatic rings. The lowest BCUT2D eigenvalue weighted by Crippen LogP contribution is -2.52. The van der Waals surface area contributed by atoms with Crippen molar-refractivity contribution in [3.8, 4) is 11.1 Å². The van der Waals surface area contributed by atoms with Crippen LogP contribution < -0.4 is 5.32 Å². The number of rotatable bonds is 8. The molecule has 0 aromatic heterocycles. The Morgan fingerprint density at radius 1 is 1.09 bits per heavy atom. The van der Waals surface area contributed by atoms with Crippen molar-refractivity contribution in [3.05, 3.63) is 59.7 Å². The molecule has 1 aliphatic carbocycles. The van der Waals surface area contributed by atoms with Gasteiger partial charge in [-0.1, -0.05) is 62.4 Å². The molecular weight excluding hydrogens is 448 g/mol. The first kappa shape index (κ1) is 24.7. The van der Waals surface area contributed by atoms with E-state index in [4.69, 9.17) is 14.6 Å². The third-order valence-electron chi connectivity index (χ3n) is 6.80. The molecule has 0 radical (unpaired) electrons. The molecule has 0 saturated carbocycles. The highest BCUT2D eigenvalue weighted by Gasteiger charge is 2.32. The Balaban J connectivity index is 1.37. The van der Waals surface area contributed by atoms with Crippen molar-refractivity contribution in [2.45, 2.75) is 44.7 Å². The van der Waals surface area contributed by atoms with E-state index in [0.29, 0.717) is 13.2 Å². The van der Waals surface area contributed by atoms with Gasteiger partial charge in [-0.15, -0.1) is 0 Å². The third-order valence-corrected chi connectivity index (χ3v) is 6.80. The molecule has 0 spiro atoms. The lowest BCUT2D eigenvalue weighted by atomic mass is 9.98. The summed E-state index contributed by atoms with van der Waals surface area (Å²) in [7, 11) is 0. The first-order valence-corrected chi connectivity index (χ1v) is 12.1. The summed E-state index contributed by atoms with van der Waals surface area (Å²) in [5, 5.41) is 12.0. The number of hydrogen-bond acceptors (Lipinski definition) is 5. The molecule has 1 unspecified atom stereocenters. The number of carbonyl (C=O) groups excluding carboxylic acids is 2. The number of nitrogens with zero attached hydrogens (tertiary/aromatic N) is 1. The molecule has 2 aromatic carbocycles. The van der Waals surface area contributed by atoms with E-state index in [9.17, 15) is 14.4 Å². The van der Waals surface area contributed by atoms with Crippen LogP contribution in [0.4, 0.5) is 4.79 Å². The van der Waals surface area contributed by atoms with Gasteiger partial charge in [-0.05, 0) is 28.2 Å². The topological polar surface area (TPSA) is 105 Å². The number of alkyl carbamates (subject to hydrolysis) is 1. The van der Waals surface area contributed by atoms with Crippen molar-refractivity contribution in [1.82, 2.24) is 10.2 Å². The molecule has 186 valence electrons. The minimum absolute atomic E-state index is 0.0154. The minimum atomic E-state index is -0.976. The predicted molar refractivity (Wildman–Crippen MR) is 130 cm³/mol. The SMILES string of the molecule is CC(C)[C@H](CC(=O)N1CCOCC1CC(=O)O)NC(=O)OCC1c2ccccc2-c2ccccc21. The van der Waals surface area contributed by atoms with E-state index in [1.165, 1.54) is 0 Å². The number of ether oxygens (including phenoxy) is 2. The summed E-state index contributed by atoms with van der Waals surface area (Å²) in [4.78, 5) is 38.5. The Labute approximate surface area is 205 Å². The number of amides is 2. The normalized spacial score (nSPS) is 18.0. The van der Waals surface area contributed by atoms with Crippen LogP contribution >= 0.6 is 0 Å². The molecule has 4 rings (SSSR count). The van der Waals surface area contributed by atoms with E-state index >= 15 is 0 Å². The Bertz CT molecular complexity index is 1040. The van der Waals surface area contributed by atoms with Gasteiger partial charge in [-0.3, -0.25) is 9.59 Å². The van der Waals surface area contributed by atoms with Gasteiger partial charge in [0, 0.05) is 24.9 Å². The largest absolute Gasteiger partial charge is 0.481 e. The van der Waals surface area contributed by atoms with Gasteiger partial charge in [0.2, 0.25) is 5.91 Å². The molecule has 8 heteroatoms. The van der Waals surface area contributed by atoms with Crippen LogP contribution in [0.2, 0.25) is 0 Å². The van der Waals surface area contributed by atoms with Crippen LogP contribution in [0.1, 0.15) is 43.7 Å². The summed E-state index contributed by atoms with van der Waals surface area (Å²) in [6, 6.07) is 15.3. The fourth-order valence-corrected chi connectivity index (χ4v) is 4.90. The number of aliphatic carboxylic acids is 1. The van der Waals surface area contributed by atoms with Crippen molar-refractivity contribution < 1.29 is 29.0 Å². The van der Waals surface area contributed by atoms with Crippen molar-refractivity contribution >= 4 is 18.0 Å². The highest BCUT2D eigenvalue weighted by atomic mass is 16.5. The zero-order chi connectivity index (χ0) is 24.9. The zero-order valence-corrected chi connectivity index (χ0v) is 20.1. The van der Waals surface area contributed by atoms with Crippen molar-refractivity contribution in [2.24, 2.45) is 5.92 Å². The summed E-state index contributed by atoms with van der Waals surface area (Å²) in [6.07, 6.45) is -0.669. The van der Waals surface area contributed by atoms with Gasteiger partial charge in [0.1, 0.15) is 6.61 Å². The van der Waals surface area contributed by atoms with Crippen LogP contribution in [0.3, 0.4) is 0 Å². The average Bonchev–Trinajstić information content (AvgIpc) is 3.16. The van der Waals surface area contributed by atoms with Gasteiger partial charge < -0.3 is 24.8 Å². The van der Waals surface area contributed by atoms with Crippen LogP contribution in [0.15, 0.2) is 48.5 Å². The van der Waals surface area contributed by atoms with Gasteiger partial charge in [-0.25, -0.2) is 4.79 Å². The number of hydrogen-bond donors (Lipinski definition) is 2. The second-order valence-electron chi connectivity index (χ2n) is 9.44. The number of nitrogens with one attached hydrogen (secondary N) is 1. The van der Waals surface area contributed by atoms with Crippen LogP contribution in [0.5, 0.6) is 0 Å². The Hall–Kier alpha value is -3.39. The van der Waals surface area contributed by atoms with E-state index in [1.807, 2.05) is 38.1 Å². The summed E-state index contributed by atoms with van der Waals surface area (Å²) in [5.74, 6) is -1.23. The maximum absolute atomic E-state index is 13.0. The van der Waals surface area contributed by atoms with Gasteiger partial charge in [0.05, 0.1) is 25.7 Å². The summed E-state index contributed by atoms with van der Waals surface area (Å²) in [5.41, 5.74) is 4.58. The zero-order valence-electron chi connectivity index (χ0n) is 20.1. The number of benzene rings is 2. The standard InChI is InChI=1S/C27H32N2O6/c1-17(2)24(14-25(30)29-11-12-34-15-18(29)13-26(31)32)28-27(33)35-16-23-21-9-5-3-7-19(21)20-8-4-6-10-22(20)23/h3-10,17-18,23-24H,11-16H2,1-2H3,(H,28,33)(H,31,32)/t18?,24-/m0/s1. The lowest BCUT2D eigenvalue weighted by molar-refractivity contribution is -0.146. The smallest absolute Gasteiger partial charge is 0.407 e. The fraction of sp³-hybridized carbons (Fsp3) is 0.444. The molecule has 1 aliphatic heterocycles. The van der Waals surface area contributed by atoms with E-state index < -0.39 is 24.1 Å². The Morgan fingerprint density at radius 3 is 2.31 bits per heavy atom. The number of morpholine rings is 1. The second kappa shape index (κ2) is 10.9. The van der Waals surface area contributed by atoms with Crippen molar-refractivity contribution in [1.29, 1.82) is 0 Å². The minimum Gasteiger partial charge on any atom is -0.481 e. The van der Waals surface area contributed by atoms with Gasteiger partial charge in [0.25, 0.3) is 0 Å². The monoisotopic (exact) mass is 480 g/mol. The third kappa shape index (κ3) is 5.65. The maximum atomic E-state index is 13.0. The molecule has 2 aliphatic rings. The van der Waals surface area contributed by atoms with Gasteiger partial charge in [-0.2, -0.15) is 0 Å². The molecule has 0 bridgehead atoms. The lowest BCUT2D eigenvalue weighted by Gasteiger charge is -2.36. The molecule has 2 amide bonds. The molecular formula is C27H32N2O6. The summed E-state index contributed by atoms with van der Waals surface area (Å²) >= 11 is 0. The number of fused-ring (bicyclic) bond motifs is 3. The van der Waals surface area contributed by atoms with E-state index in [0.717, 1.165) is 22.3 Å². The Morgan fingerprint density at radius 2 is 1.71 bits per heavy atom. The molecule has 8 nitrogen and oxygen atoms in total. The predicted octanol–water partition coefficient (Wildman–Crippen LogP) is 3.64.